The fourth-order valence-electron chi connectivity index (χ4n) is 3.14. The average Bonchev–Trinajstić information content (AvgIpc) is 3.25. The van der Waals surface area contributed by atoms with E-state index in [0.717, 1.165) is 33.2 Å². The highest BCUT2D eigenvalue weighted by molar-refractivity contribution is 5.96. The molecule has 0 unspecified atom stereocenters. The molecule has 0 amide bonds. The molecule has 2 aromatic heterocycles. The van der Waals surface area contributed by atoms with Gasteiger partial charge < -0.3 is 8.94 Å². The van der Waals surface area contributed by atoms with Gasteiger partial charge in [0, 0.05) is 16.5 Å². The van der Waals surface area contributed by atoms with Gasteiger partial charge in [-0.15, -0.1) is 0 Å². The molecule has 0 spiro atoms. The molecule has 130 valence electrons. The number of carbonyl (C=O) groups excluding carboxylic acids is 1. The summed E-state index contributed by atoms with van der Waals surface area (Å²) in [5, 5.41) is 5.11. The maximum atomic E-state index is 11.6. The summed E-state index contributed by atoms with van der Waals surface area (Å²) in [6.45, 7) is 7.50. The molecule has 26 heavy (non-hydrogen) atoms. The molecule has 0 fully saturated rings. The monoisotopic (exact) mass is 346 g/mol. The van der Waals surface area contributed by atoms with Gasteiger partial charge >= 0.3 is 0 Å². The van der Waals surface area contributed by atoms with E-state index in [2.05, 4.69) is 16.2 Å². The molecule has 0 aliphatic rings. The zero-order valence-electron chi connectivity index (χ0n) is 15.1. The summed E-state index contributed by atoms with van der Waals surface area (Å²) in [5.74, 6) is 1.39. The Kier molecular flexibility index (Phi) is 3.72. The van der Waals surface area contributed by atoms with Crippen LogP contribution in [-0.4, -0.2) is 15.9 Å². The number of fused-ring (bicyclic) bond motifs is 1. The SMILES string of the molecule is CC(=O)c1ccc(-c2noc(-c3cc4c(C)ccc(C)c4o3)n2)cc1C. The third-order valence-electron chi connectivity index (χ3n) is 4.60. The molecule has 4 aromatic rings. The molecule has 2 aromatic carbocycles. The van der Waals surface area contributed by atoms with E-state index in [4.69, 9.17) is 8.94 Å². The first-order chi connectivity index (χ1) is 12.4. The first-order valence-corrected chi connectivity index (χ1v) is 8.40. The van der Waals surface area contributed by atoms with Crippen LogP contribution in [0.2, 0.25) is 0 Å². The number of nitrogens with zero attached hydrogens (tertiary/aromatic N) is 2. The van der Waals surface area contributed by atoms with Crippen molar-refractivity contribution in [3.8, 4) is 23.0 Å². The van der Waals surface area contributed by atoms with Crippen LogP contribution in [0.15, 0.2) is 45.3 Å². The van der Waals surface area contributed by atoms with Crippen LogP contribution in [0.25, 0.3) is 34.0 Å². The minimum absolute atomic E-state index is 0.0378. The molecular weight excluding hydrogens is 328 g/mol. The van der Waals surface area contributed by atoms with Gasteiger partial charge in [-0.05, 0) is 56.5 Å². The first kappa shape index (κ1) is 16.3. The molecule has 0 radical (unpaired) electrons. The zero-order valence-corrected chi connectivity index (χ0v) is 15.1. The van der Waals surface area contributed by atoms with E-state index >= 15 is 0 Å². The average molecular weight is 346 g/mol. The first-order valence-electron chi connectivity index (χ1n) is 8.40. The molecule has 5 nitrogen and oxygen atoms in total. The Morgan fingerprint density at radius 2 is 1.73 bits per heavy atom. The standard InChI is InChI=1S/C21H18N2O3/c1-11-5-6-12(2)19-17(11)10-18(25-19)21-22-20(23-26-21)15-7-8-16(14(4)24)13(3)9-15/h5-10H,1-4H3. The van der Waals surface area contributed by atoms with Crippen LogP contribution in [0.4, 0.5) is 0 Å². The van der Waals surface area contributed by atoms with E-state index in [1.54, 1.807) is 13.0 Å². The second kappa shape index (κ2) is 5.95. The second-order valence-electron chi connectivity index (χ2n) is 6.56. The summed E-state index contributed by atoms with van der Waals surface area (Å²) in [4.78, 5) is 16.0. The second-order valence-corrected chi connectivity index (χ2v) is 6.56. The van der Waals surface area contributed by atoms with Crippen LogP contribution < -0.4 is 0 Å². The largest absolute Gasteiger partial charge is 0.451 e. The van der Waals surface area contributed by atoms with Gasteiger partial charge in [0.15, 0.2) is 11.5 Å². The summed E-state index contributed by atoms with van der Waals surface area (Å²) in [6, 6.07) is 11.5. The zero-order chi connectivity index (χ0) is 18.4. The van der Waals surface area contributed by atoms with Crippen LogP contribution in [0.3, 0.4) is 0 Å². The molecular formula is C21H18N2O3. The van der Waals surface area contributed by atoms with Gasteiger partial charge in [0.25, 0.3) is 5.89 Å². The quantitative estimate of drug-likeness (QED) is 0.472. The predicted octanol–water partition coefficient (Wildman–Crippen LogP) is 5.28. The van der Waals surface area contributed by atoms with E-state index < -0.39 is 0 Å². The number of benzene rings is 2. The Balaban J connectivity index is 1.75. The van der Waals surface area contributed by atoms with Crippen molar-refractivity contribution in [3.05, 3.63) is 58.7 Å². The number of aryl methyl sites for hydroxylation is 3. The Bertz CT molecular complexity index is 1110. The highest BCUT2D eigenvalue weighted by Crippen LogP contribution is 2.32. The van der Waals surface area contributed by atoms with Gasteiger partial charge in [0.05, 0.1) is 0 Å². The summed E-state index contributed by atoms with van der Waals surface area (Å²) in [7, 11) is 0. The number of hydrogen-bond acceptors (Lipinski definition) is 5. The number of rotatable bonds is 3. The van der Waals surface area contributed by atoms with E-state index in [1.165, 1.54) is 0 Å². The lowest BCUT2D eigenvalue weighted by atomic mass is 10.0. The molecule has 0 saturated carbocycles. The fraction of sp³-hybridized carbons (Fsp3) is 0.190. The number of carbonyl (C=O) groups is 1. The van der Waals surface area contributed by atoms with Crippen LogP contribution in [0, 0.1) is 20.8 Å². The Morgan fingerprint density at radius 1 is 0.962 bits per heavy atom. The molecule has 0 atom stereocenters. The molecule has 2 heterocycles. The fourth-order valence-corrected chi connectivity index (χ4v) is 3.14. The Morgan fingerprint density at radius 3 is 2.42 bits per heavy atom. The molecule has 4 rings (SSSR count). The molecule has 0 aliphatic heterocycles. The van der Waals surface area contributed by atoms with E-state index in [1.807, 2.05) is 45.0 Å². The van der Waals surface area contributed by atoms with Gasteiger partial charge in [-0.2, -0.15) is 4.98 Å². The Hall–Kier alpha value is -3.21. The molecule has 5 heteroatoms. The van der Waals surface area contributed by atoms with Crippen molar-refractivity contribution < 1.29 is 13.7 Å². The maximum absolute atomic E-state index is 11.6. The number of ketones is 1. The van der Waals surface area contributed by atoms with Crippen molar-refractivity contribution >= 4 is 16.8 Å². The van der Waals surface area contributed by atoms with Gasteiger partial charge in [-0.25, -0.2) is 0 Å². The summed E-state index contributed by atoms with van der Waals surface area (Å²) in [6.07, 6.45) is 0. The third-order valence-corrected chi connectivity index (χ3v) is 4.60. The molecule has 0 saturated heterocycles. The van der Waals surface area contributed by atoms with E-state index in [9.17, 15) is 4.79 Å². The normalized spacial score (nSPS) is 11.2. The lowest BCUT2D eigenvalue weighted by molar-refractivity contribution is 0.101. The highest BCUT2D eigenvalue weighted by atomic mass is 16.5. The lowest BCUT2D eigenvalue weighted by Gasteiger charge is -2.02. The Labute approximate surface area is 150 Å². The van der Waals surface area contributed by atoms with Crippen molar-refractivity contribution in [1.29, 1.82) is 0 Å². The van der Waals surface area contributed by atoms with Crippen LogP contribution in [-0.2, 0) is 0 Å². The van der Waals surface area contributed by atoms with Gasteiger partial charge in [0.2, 0.25) is 5.82 Å². The van der Waals surface area contributed by atoms with Crippen molar-refractivity contribution in [1.82, 2.24) is 10.1 Å². The minimum atomic E-state index is 0.0378. The highest BCUT2D eigenvalue weighted by Gasteiger charge is 2.17. The number of aromatic nitrogens is 2. The summed E-state index contributed by atoms with van der Waals surface area (Å²) >= 11 is 0. The van der Waals surface area contributed by atoms with Crippen molar-refractivity contribution in [2.75, 3.05) is 0 Å². The van der Waals surface area contributed by atoms with Crippen molar-refractivity contribution in [2.24, 2.45) is 0 Å². The summed E-state index contributed by atoms with van der Waals surface area (Å²) in [5.41, 5.74) is 5.41. The number of Topliss-reactive ketones (excluding diaryl/α,β-unsaturated/α-hetero) is 1. The van der Waals surface area contributed by atoms with Crippen LogP contribution >= 0.6 is 0 Å². The third kappa shape index (κ3) is 2.62. The van der Waals surface area contributed by atoms with Gasteiger partial charge in [0.1, 0.15) is 5.58 Å². The van der Waals surface area contributed by atoms with Crippen molar-refractivity contribution in [2.45, 2.75) is 27.7 Å². The van der Waals surface area contributed by atoms with Gasteiger partial charge in [-0.3, -0.25) is 4.79 Å². The molecule has 0 bridgehead atoms. The van der Waals surface area contributed by atoms with Crippen molar-refractivity contribution in [3.63, 3.8) is 0 Å². The van der Waals surface area contributed by atoms with E-state index in [-0.39, 0.29) is 5.78 Å². The smallest absolute Gasteiger partial charge is 0.293 e. The van der Waals surface area contributed by atoms with Crippen LogP contribution in [0.1, 0.15) is 34.0 Å². The minimum Gasteiger partial charge on any atom is -0.451 e. The van der Waals surface area contributed by atoms with Crippen LogP contribution in [0.5, 0.6) is 0 Å². The van der Waals surface area contributed by atoms with E-state index in [0.29, 0.717) is 23.0 Å². The number of furan rings is 1. The maximum Gasteiger partial charge on any atom is 0.293 e. The molecule has 0 N–H and O–H groups in total. The molecule has 0 aliphatic carbocycles. The number of hydrogen-bond donors (Lipinski definition) is 0. The predicted molar refractivity (Wildman–Crippen MR) is 99.2 cm³/mol. The van der Waals surface area contributed by atoms with Gasteiger partial charge in [-0.1, -0.05) is 29.4 Å². The summed E-state index contributed by atoms with van der Waals surface area (Å²) < 4.78 is 11.4. The lowest BCUT2D eigenvalue weighted by Crippen LogP contribution is -1.96. The topological polar surface area (TPSA) is 69.1 Å².